The van der Waals surface area contributed by atoms with Crippen molar-refractivity contribution in [3.05, 3.63) is 23.9 Å². The first-order valence-corrected chi connectivity index (χ1v) is 7.05. The fraction of sp³-hybridized carbons (Fsp3) is 0.643. The summed E-state index contributed by atoms with van der Waals surface area (Å²) in [4.78, 5) is 8.31. The second-order valence-corrected chi connectivity index (χ2v) is 5.62. The highest BCUT2D eigenvalue weighted by Crippen LogP contribution is 2.31. The minimum Gasteiger partial charge on any atom is -0.374 e. The zero-order chi connectivity index (χ0) is 15.0. The monoisotopic (exact) mass is 301 g/mol. The molecule has 3 rings (SSSR count). The summed E-state index contributed by atoms with van der Waals surface area (Å²) in [6.07, 6.45) is -2.35. The van der Waals surface area contributed by atoms with E-state index in [1.165, 1.54) is 6.07 Å². The summed E-state index contributed by atoms with van der Waals surface area (Å²) >= 11 is 0. The molecule has 0 unspecified atom stereocenters. The summed E-state index contributed by atoms with van der Waals surface area (Å²) < 4.78 is 43.6. The molecular weight excluding hydrogens is 283 g/mol. The smallest absolute Gasteiger partial charge is 0.374 e. The number of alkyl halides is 3. The van der Waals surface area contributed by atoms with E-state index >= 15 is 0 Å². The third kappa shape index (κ3) is 2.98. The van der Waals surface area contributed by atoms with Crippen molar-refractivity contribution in [2.45, 2.75) is 24.7 Å². The summed E-state index contributed by atoms with van der Waals surface area (Å²) in [6.45, 7) is 3.07. The highest BCUT2D eigenvalue weighted by molar-refractivity contribution is 5.42. The highest BCUT2D eigenvalue weighted by Gasteiger charge is 2.37. The fourth-order valence-electron chi connectivity index (χ4n) is 3.04. The molecule has 21 heavy (non-hydrogen) atoms. The van der Waals surface area contributed by atoms with Crippen molar-refractivity contribution in [3.8, 4) is 0 Å². The Morgan fingerprint density at radius 2 is 2.10 bits per heavy atom. The third-order valence-corrected chi connectivity index (χ3v) is 4.16. The van der Waals surface area contributed by atoms with E-state index in [-0.39, 0.29) is 12.1 Å². The van der Waals surface area contributed by atoms with E-state index in [1.807, 2.05) is 7.05 Å². The molecule has 0 spiro atoms. The van der Waals surface area contributed by atoms with Gasteiger partial charge in [0.15, 0.2) is 0 Å². The molecule has 0 N–H and O–H groups in total. The second kappa shape index (κ2) is 5.46. The summed E-state index contributed by atoms with van der Waals surface area (Å²) in [5.74, 6) is 0.594. The van der Waals surface area contributed by atoms with Crippen LogP contribution in [0.15, 0.2) is 18.3 Å². The normalized spacial score (nSPS) is 27.5. The number of likely N-dealkylation sites (N-methyl/N-ethyl adjacent to an activating group) is 1. The summed E-state index contributed by atoms with van der Waals surface area (Å²) in [5.41, 5.74) is -0.711. The lowest BCUT2D eigenvalue weighted by atomic mass is 9.99. The summed E-state index contributed by atoms with van der Waals surface area (Å²) in [7, 11) is 2.04. The number of rotatable bonds is 1. The molecule has 0 bridgehead atoms. The van der Waals surface area contributed by atoms with E-state index in [9.17, 15) is 13.2 Å². The van der Waals surface area contributed by atoms with Gasteiger partial charge < -0.3 is 14.5 Å². The minimum absolute atomic E-state index is 0.138. The summed E-state index contributed by atoms with van der Waals surface area (Å²) in [6, 6.07) is 2.71. The molecule has 2 saturated heterocycles. The molecule has 2 fully saturated rings. The van der Waals surface area contributed by atoms with Gasteiger partial charge in [-0.15, -0.1) is 0 Å². The van der Waals surface area contributed by atoms with E-state index in [4.69, 9.17) is 4.74 Å². The van der Waals surface area contributed by atoms with Crippen LogP contribution in [0.5, 0.6) is 0 Å². The zero-order valence-corrected chi connectivity index (χ0v) is 11.8. The maximum absolute atomic E-state index is 12.6. The number of pyridine rings is 1. The molecule has 116 valence electrons. The topological polar surface area (TPSA) is 28.6 Å². The van der Waals surface area contributed by atoms with Crippen molar-refractivity contribution in [1.29, 1.82) is 0 Å². The molecule has 2 aliphatic rings. The molecule has 0 amide bonds. The van der Waals surface area contributed by atoms with Crippen molar-refractivity contribution in [3.63, 3.8) is 0 Å². The van der Waals surface area contributed by atoms with Crippen molar-refractivity contribution < 1.29 is 17.9 Å². The lowest BCUT2D eigenvalue weighted by Crippen LogP contribution is -2.59. The van der Waals surface area contributed by atoms with Gasteiger partial charge in [0, 0.05) is 25.8 Å². The van der Waals surface area contributed by atoms with Crippen LogP contribution in [0.4, 0.5) is 19.0 Å². The number of likely N-dealkylation sites (tertiary alicyclic amines) is 1. The SMILES string of the molecule is CN1CC[C@@H]2OCCN(c3ccc(C(F)(F)F)cn3)[C@H]2C1. The largest absolute Gasteiger partial charge is 0.417 e. The summed E-state index contributed by atoms with van der Waals surface area (Å²) in [5, 5.41) is 0. The number of hydrogen-bond donors (Lipinski definition) is 0. The van der Waals surface area contributed by atoms with Crippen molar-refractivity contribution in [2.75, 3.05) is 38.2 Å². The Hall–Kier alpha value is -1.34. The van der Waals surface area contributed by atoms with Gasteiger partial charge in [-0.2, -0.15) is 13.2 Å². The Kier molecular flexibility index (Phi) is 3.79. The Balaban J connectivity index is 1.81. The van der Waals surface area contributed by atoms with Crippen LogP contribution >= 0.6 is 0 Å². The van der Waals surface area contributed by atoms with Crippen LogP contribution in [0.1, 0.15) is 12.0 Å². The van der Waals surface area contributed by atoms with Crippen LogP contribution in [-0.2, 0) is 10.9 Å². The van der Waals surface area contributed by atoms with Crippen molar-refractivity contribution >= 4 is 5.82 Å². The number of hydrogen-bond acceptors (Lipinski definition) is 4. The number of nitrogens with zero attached hydrogens (tertiary/aromatic N) is 3. The Bertz CT molecular complexity index is 491. The van der Waals surface area contributed by atoms with Gasteiger partial charge in [-0.3, -0.25) is 0 Å². The second-order valence-electron chi connectivity index (χ2n) is 5.62. The molecule has 2 atom stereocenters. The van der Waals surface area contributed by atoms with Gasteiger partial charge in [-0.05, 0) is 25.6 Å². The molecule has 4 nitrogen and oxygen atoms in total. The van der Waals surface area contributed by atoms with Crippen LogP contribution in [0.2, 0.25) is 0 Å². The first-order valence-electron chi connectivity index (χ1n) is 7.05. The van der Waals surface area contributed by atoms with Crippen LogP contribution in [0, 0.1) is 0 Å². The molecule has 0 saturated carbocycles. The number of piperidine rings is 1. The molecule has 0 aromatic carbocycles. The fourth-order valence-corrected chi connectivity index (χ4v) is 3.04. The Morgan fingerprint density at radius 1 is 1.29 bits per heavy atom. The Labute approximate surface area is 121 Å². The predicted octanol–water partition coefficient (Wildman–Crippen LogP) is 2.01. The zero-order valence-electron chi connectivity index (χ0n) is 11.8. The van der Waals surface area contributed by atoms with Crippen LogP contribution in [0.25, 0.3) is 0 Å². The maximum Gasteiger partial charge on any atom is 0.417 e. The van der Waals surface area contributed by atoms with Gasteiger partial charge >= 0.3 is 6.18 Å². The average molecular weight is 301 g/mol. The predicted molar refractivity (Wildman–Crippen MR) is 72.2 cm³/mol. The molecule has 3 heterocycles. The van der Waals surface area contributed by atoms with E-state index < -0.39 is 11.7 Å². The first kappa shape index (κ1) is 14.6. The van der Waals surface area contributed by atoms with E-state index in [0.29, 0.717) is 19.0 Å². The van der Waals surface area contributed by atoms with Crippen LogP contribution < -0.4 is 4.90 Å². The van der Waals surface area contributed by atoms with Gasteiger partial charge in [0.1, 0.15) is 5.82 Å². The first-order chi connectivity index (χ1) is 9.95. The average Bonchev–Trinajstić information content (AvgIpc) is 2.46. The van der Waals surface area contributed by atoms with Crippen LogP contribution in [0.3, 0.4) is 0 Å². The van der Waals surface area contributed by atoms with Gasteiger partial charge in [0.2, 0.25) is 0 Å². The number of aromatic nitrogens is 1. The standard InChI is InChI=1S/C14H18F3N3O/c1-19-5-4-12-11(9-19)20(6-7-21-12)13-3-2-10(8-18-13)14(15,16)17/h2-3,8,11-12H,4-7,9H2,1H3/t11-,12-/m0/s1. The number of ether oxygens (including phenoxy) is 1. The van der Waals surface area contributed by atoms with Gasteiger partial charge in [-0.1, -0.05) is 0 Å². The van der Waals surface area contributed by atoms with Crippen molar-refractivity contribution in [2.24, 2.45) is 0 Å². The number of morpholine rings is 1. The number of anilines is 1. The molecule has 0 aliphatic carbocycles. The van der Waals surface area contributed by atoms with Gasteiger partial charge in [-0.25, -0.2) is 4.98 Å². The molecule has 7 heteroatoms. The van der Waals surface area contributed by atoms with Crippen molar-refractivity contribution in [1.82, 2.24) is 9.88 Å². The number of fused-ring (bicyclic) bond motifs is 1. The number of halogens is 3. The maximum atomic E-state index is 12.6. The van der Waals surface area contributed by atoms with Gasteiger partial charge in [0.25, 0.3) is 0 Å². The van der Waals surface area contributed by atoms with E-state index in [2.05, 4.69) is 14.8 Å². The molecule has 2 aliphatic heterocycles. The molecule has 1 aromatic rings. The molecule has 1 aromatic heterocycles. The quantitative estimate of drug-likeness (QED) is 0.793. The molecule has 0 radical (unpaired) electrons. The Morgan fingerprint density at radius 3 is 2.76 bits per heavy atom. The minimum atomic E-state index is -4.34. The molecular formula is C14H18F3N3O. The lowest BCUT2D eigenvalue weighted by molar-refractivity contribution is -0.137. The highest BCUT2D eigenvalue weighted by atomic mass is 19.4. The van der Waals surface area contributed by atoms with E-state index in [0.717, 1.165) is 31.8 Å². The lowest BCUT2D eigenvalue weighted by Gasteiger charge is -2.46. The van der Waals surface area contributed by atoms with E-state index in [1.54, 1.807) is 0 Å². The van der Waals surface area contributed by atoms with Crippen LogP contribution in [-0.4, -0.2) is 55.3 Å². The van der Waals surface area contributed by atoms with Gasteiger partial charge in [0.05, 0.1) is 24.3 Å². The third-order valence-electron chi connectivity index (χ3n) is 4.16.